The maximum Gasteiger partial charge on any atom is 0.410 e. The average Bonchev–Trinajstić information content (AvgIpc) is 2.60. The van der Waals surface area contributed by atoms with Gasteiger partial charge in [0.1, 0.15) is 5.60 Å². The Bertz CT molecular complexity index is 362. The van der Waals surface area contributed by atoms with Gasteiger partial charge in [0, 0.05) is 12.1 Å². The molecule has 0 aromatic carbocycles. The molecule has 2 N–H and O–H groups in total. The molecule has 0 aliphatic carbocycles. The fourth-order valence-corrected chi connectivity index (χ4v) is 4.18. The minimum Gasteiger partial charge on any atom is -0.444 e. The molecule has 4 heteroatoms. The van der Waals surface area contributed by atoms with Gasteiger partial charge in [-0.15, -0.1) is 0 Å². The summed E-state index contributed by atoms with van der Waals surface area (Å²) in [6.45, 7) is 11.0. The fourth-order valence-electron chi connectivity index (χ4n) is 4.18. The Hall–Kier alpha value is -0.770. The smallest absolute Gasteiger partial charge is 0.410 e. The van der Waals surface area contributed by atoms with Gasteiger partial charge in [-0.05, 0) is 64.3 Å². The molecule has 4 atom stereocenters. The van der Waals surface area contributed by atoms with Crippen molar-refractivity contribution in [2.75, 3.05) is 6.54 Å². The second-order valence-corrected chi connectivity index (χ2v) is 7.74. The molecule has 20 heavy (non-hydrogen) atoms. The first kappa shape index (κ1) is 15.6. The second kappa shape index (κ2) is 5.55. The van der Waals surface area contributed by atoms with Crippen molar-refractivity contribution >= 4 is 6.09 Å². The lowest BCUT2D eigenvalue weighted by Gasteiger charge is -2.46. The first-order valence-corrected chi connectivity index (χ1v) is 7.96. The van der Waals surface area contributed by atoms with Crippen LogP contribution in [0.2, 0.25) is 0 Å². The van der Waals surface area contributed by atoms with E-state index in [1.807, 2.05) is 25.7 Å². The third kappa shape index (κ3) is 2.95. The maximum atomic E-state index is 12.5. The van der Waals surface area contributed by atoms with Crippen LogP contribution in [0.4, 0.5) is 4.79 Å². The van der Waals surface area contributed by atoms with E-state index in [0.717, 1.165) is 25.8 Å². The van der Waals surface area contributed by atoms with Crippen LogP contribution in [0, 0.1) is 17.8 Å². The summed E-state index contributed by atoms with van der Waals surface area (Å²) >= 11 is 0. The Morgan fingerprint density at radius 1 is 1.35 bits per heavy atom. The van der Waals surface area contributed by atoms with Crippen LogP contribution in [-0.4, -0.2) is 35.2 Å². The van der Waals surface area contributed by atoms with Crippen molar-refractivity contribution in [2.24, 2.45) is 23.5 Å². The van der Waals surface area contributed by atoms with Crippen LogP contribution in [0.25, 0.3) is 0 Å². The lowest BCUT2D eigenvalue weighted by molar-refractivity contribution is -0.0192. The molecule has 2 aliphatic rings. The largest absolute Gasteiger partial charge is 0.444 e. The predicted octanol–water partition coefficient (Wildman–Crippen LogP) is 3.01. The number of nitrogens with two attached hydrogens (primary N) is 1. The van der Waals surface area contributed by atoms with Gasteiger partial charge >= 0.3 is 6.09 Å². The minimum absolute atomic E-state index is 0.133. The van der Waals surface area contributed by atoms with E-state index in [1.54, 1.807) is 0 Å². The molecule has 2 heterocycles. The van der Waals surface area contributed by atoms with Crippen LogP contribution in [0.15, 0.2) is 0 Å². The maximum absolute atomic E-state index is 12.5. The fraction of sp³-hybridized carbons (Fsp3) is 0.938. The normalized spacial score (nSPS) is 33.6. The monoisotopic (exact) mass is 282 g/mol. The molecule has 0 radical (unpaired) electrons. The highest BCUT2D eigenvalue weighted by Crippen LogP contribution is 2.45. The van der Waals surface area contributed by atoms with Crippen molar-refractivity contribution < 1.29 is 9.53 Å². The van der Waals surface area contributed by atoms with Crippen LogP contribution in [0.3, 0.4) is 0 Å². The molecule has 2 saturated heterocycles. The molecule has 1 amide bonds. The van der Waals surface area contributed by atoms with Gasteiger partial charge in [0.15, 0.2) is 0 Å². The van der Waals surface area contributed by atoms with Crippen molar-refractivity contribution in [3.63, 3.8) is 0 Å². The van der Waals surface area contributed by atoms with E-state index in [2.05, 4.69) is 13.8 Å². The number of ether oxygens (including phenoxy) is 1. The van der Waals surface area contributed by atoms with Crippen molar-refractivity contribution in [1.29, 1.82) is 0 Å². The van der Waals surface area contributed by atoms with E-state index < -0.39 is 5.60 Å². The third-order valence-corrected chi connectivity index (χ3v) is 4.79. The molecule has 0 saturated carbocycles. The second-order valence-electron chi connectivity index (χ2n) is 7.74. The van der Waals surface area contributed by atoms with E-state index in [0.29, 0.717) is 29.8 Å². The number of carbonyl (C=O) groups is 1. The minimum atomic E-state index is -0.422. The highest BCUT2D eigenvalue weighted by atomic mass is 16.6. The van der Waals surface area contributed by atoms with E-state index in [-0.39, 0.29) is 6.09 Å². The Labute approximate surface area is 123 Å². The van der Waals surface area contributed by atoms with Gasteiger partial charge in [-0.25, -0.2) is 4.79 Å². The zero-order chi connectivity index (χ0) is 15.1. The van der Waals surface area contributed by atoms with Crippen LogP contribution >= 0.6 is 0 Å². The summed E-state index contributed by atoms with van der Waals surface area (Å²) in [6, 6.07) is 0.649. The number of hydrogen-bond donors (Lipinski definition) is 1. The number of rotatable bonds is 2. The zero-order valence-corrected chi connectivity index (χ0v) is 13.6. The Morgan fingerprint density at radius 3 is 2.50 bits per heavy atom. The number of hydrogen-bond acceptors (Lipinski definition) is 3. The molecule has 2 fully saturated rings. The molecule has 0 aromatic heterocycles. The summed E-state index contributed by atoms with van der Waals surface area (Å²) in [6.07, 6.45) is 3.10. The van der Waals surface area contributed by atoms with Crippen LogP contribution in [-0.2, 0) is 4.74 Å². The number of nitrogens with zero attached hydrogens (tertiary/aromatic N) is 1. The van der Waals surface area contributed by atoms with E-state index in [9.17, 15) is 4.79 Å². The third-order valence-electron chi connectivity index (χ3n) is 4.79. The van der Waals surface area contributed by atoms with Gasteiger partial charge in [-0.3, -0.25) is 0 Å². The Kier molecular flexibility index (Phi) is 4.33. The number of carbonyl (C=O) groups excluding carboxylic acids is 1. The SMILES string of the molecule is CC(C)C1C(CN)CC2CCC1N2C(=O)OC(C)(C)C. The molecular weight excluding hydrogens is 252 g/mol. The summed E-state index contributed by atoms with van der Waals surface area (Å²) in [5.74, 6) is 1.61. The van der Waals surface area contributed by atoms with Gasteiger partial charge in [0.25, 0.3) is 0 Å². The average molecular weight is 282 g/mol. The Morgan fingerprint density at radius 2 is 2.00 bits per heavy atom. The summed E-state index contributed by atoms with van der Waals surface area (Å²) in [7, 11) is 0. The molecule has 116 valence electrons. The molecule has 2 bridgehead atoms. The number of piperidine rings is 1. The van der Waals surface area contributed by atoms with Gasteiger partial charge in [0.05, 0.1) is 0 Å². The van der Waals surface area contributed by atoms with Gasteiger partial charge in [-0.1, -0.05) is 13.8 Å². The van der Waals surface area contributed by atoms with E-state index in [1.165, 1.54) is 0 Å². The molecule has 4 unspecified atom stereocenters. The van der Waals surface area contributed by atoms with Gasteiger partial charge < -0.3 is 15.4 Å². The summed E-state index contributed by atoms with van der Waals surface area (Å²) in [4.78, 5) is 14.5. The number of fused-ring (bicyclic) bond motifs is 2. The summed E-state index contributed by atoms with van der Waals surface area (Å²) < 4.78 is 5.61. The summed E-state index contributed by atoms with van der Waals surface area (Å²) in [5, 5.41) is 0. The van der Waals surface area contributed by atoms with Crippen molar-refractivity contribution in [2.45, 2.75) is 71.6 Å². The van der Waals surface area contributed by atoms with Crippen LogP contribution < -0.4 is 5.73 Å². The molecular formula is C16H30N2O2. The molecule has 2 rings (SSSR count). The standard InChI is InChI=1S/C16H30N2O2/c1-10(2)14-11(9-17)8-12-6-7-13(14)18(12)15(19)20-16(3,4)5/h10-14H,6-9,17H2,1-5H3. The lowest BCUT2D eigenvalue weighted by Crippen LogP contribution is -2.55. The molecule has 0 spiro atoms. The lowest BCUT2D eigenvalue weighted by atomic mass is 9.74. The summed E-state index contributed by atoms with van der Waals surface area (Å²) in [5.41, 5.74) is 5.55. The molecule has 4 nitrogen and oxygen atoms in total. The topological polar surface area (TPSA) is 55.6 Å². The quantitative estimate of drug-likeness (QED) is 0.847. The van der Waals surface area contributed by atoms with Gasteiger partial charge in [-0.2, -0.15) is 0 Å². The van der Waals surface area contributed by atoms with Crippen molar-refractivity contribution in [3.05, 3.63) is 0 Å². The highest BCUT2D eigenvalue weighted by Gasteiger charge is 2.50. The van der Waals surface area contributed by atoms with Gasteiger partial charge in [0.2, 0.25) is 0 Å². The predicted molar refractivity (Wildman–Crippen MR) is 80.4 cm³/mol. The van der Waals surface area contributed by atoms with E-state index >= 15 is 0 Å². The molecule has 0 aromatic rings. The van der Waals surface area contributed by atoms with Crippen LogP contribution in [0.1, 0.15) is 53.9 Å². The first-order chi connectivity index (χ1) is 9.24. The van der Waals surface area contributed by atoms with Crippen molar-refractivity contribution in [3.8, 4) is 0 Å². The van der Waals surface area contributed by atoms with Crippen molar-refractivity contribution in [1.82, 2.24) is 4.90 Å². The zero-order valence-electron chi connectivity index (χ0n) is 13.6. The highest BCUT2D eigenvalue weighted by molar-refractivity contribution is 5.69. The Balaban J connectivity index is 2.18. The number of amides is 1. The first-order valence-electron chi connectivity index (χ1n) is 7.96. The molecule has 2 aliphatic heterocycles. The van der Waals surface area contributed by atoms with Crippen LogP contribution in [0.5, 0.6) is 0 Å². The van der Waals surface area contributed by atoms with E-state index in [4.69, 9.17) is 10.5 Å².